The van der Waals surface area contributed by atoms with Gasteiger partial charge >= 0.3 is 0 Å². The monoisotopic (exact) mass is 147 g/mol. The third-order valence-electron chi connectivity index (χ3n) is 1.20. The summed E-state index contributed by atoms with van der Waals surface area (Å²) in [6.07, 6.45) is -1.02. The molecule has 0 fully saturated rings. The minimum atomic E-state index is -2.52. The lowest BCUT2D eigenvalue weighted by molar-refractivity contribution is 0.144. The quantitative estimate of drug-likeness (QED) is 0.640. The van der Waals surface area contributed by atoms with E-state index in [0.29, 0.717) is 6.42 Å². The lowest BCUT2D eigenvalue weighted by Crippen LogP contribution is -1.89. The molecule has 1 aromatic rings. The third kappa shape index (κ3) is 1.15. The number of hydrogen-bond acceptors (Lipinski definition) is 2. The van der Waals surface area contributed by atoms with Crippen LogP contribution in [0.1, 0.15) is 24.8 Å². The lowest BCUT2D eigenvalue weighted by atomic mass is 10.3. The molecule has 4 heteroatoms. The van der Waals surface area contributed by atoms with E-state index in [9.17, 15) is 8.78 Å². The average molecular weight is 147 g/mol. The highest BCUT2D eigenvalue weighted by Gasteiger charge is 2.15. The Hall–Kier alpha value is -0.930. The van der Waals surface area contributed by atoms with Gasteiger partial charge in [-0.15, -0.1) is 0 Å². The first kappa shape index (κ1) is 7.18. The first-order valence-electron chi connectivity index (χ1n) is 2.96. The van der Waals surface area contributed by atoms with Crippen LogP contribution in [0.5, 0.6) is 0 Å². The molecule has 0 amide bonds. The van der Waals surface area contributed by atoms with Gasteiger partial charge in [0.05, 0.1) is 0 Å². The molecule has 56 valence electrons. The number of oxazole rings is 1. The van der Waals surface area contributed by atoms with Gasteiger partial charge in [0, 0.05) is 6.42 Å². The molecule has 0 aliphatic carbocycles. The molecule has 10 heavy (non-hydrogen) atoms. The normalized spacial score (nSPS) is 10.8. The summed E-state index contributed by atoms with van der Waals surface area (Å²) in [4.78, 5) is 3.37. The molecule has 0 spiro atoms. The van der Waals surface area contributed by atoms with Crippen molar-refractivity contribution in [3.8, 4) is 0 Å². The molecule has 2 nitrogen and oxygen atoms in total. The molecular weight excluding hydrogens is 140 g/mol. The summed E-state index contributed by atoms with van der Waals surface area (Å²) in [5, 5.41) is 0. The van der Waals surface area contributed by atoms with Gasteiger partial charge in [-0.1, -0.05) is 6.92 Å². The van der Waals surface area contributed by atoms with Crippen molar-refractivity contribution in [2.24, 2.45) is 0 Å². The molecule has 0 bridgehead atoms. The Kier molecular flexibility index (Phi) is 1.99. The molecule has 0 aliphatic heterocycles. The van der Waals surface area contributed by atoms with Gasteiger partial charge < -0.3 is 4.42 Å². The van der Waals surface area contributed by atoms with Crippen LogP contribution < -0.4 is 0 Å². The maximum Gasteiger partial charge on any atom is 0.283 e. The van der Waals surface area contributed by atoms with Gasteiger partial charge in [-0.2, -0.15) is 0 Å². The fraction of sp³-hybridized carbons (Fsp3) is 0.500. The molecule has 0 aliphatic rings. The Morgan fingerprint density at radius 2 is 2.40 bits per heavy atom. The van der Waals surface area contributed by atoms with Crippen molar-refractivity contribution in [3.05, 3.63) is 17.8 Å². The van der Waals surface area contributed by atoms with Crippen LogP contribution in [0, 0.1) is 0 Å². The Bertz CT molecular complexity index is 209. The van der Waals surface area contributed by atoms with Crippen LogP contribution in [-0.2, 0) is 6.42 Å². The highest BCUT2D eigenvalue weighted by molar-refractivity contribution is 5.07. The van der Waals surface area contributed by atoms with Crippen LogP contribution >= 0.6 is 0 Å². The van der Waals surface area contributed by atoms with Gasteiger partial charge in [-0.3, -0.25) is 0 Å². The van der Waals surface area contributed by atoms with Crippen LogP contribution in [0.2, 0.25) is 0 Å². The van der Waals surface area contributed by atoms with Gasteiger partial charge in [0.2, 0.25) is 0 Å². The predicted molar refractivity (Wildman–Crippen MR) is 30.8 cm³/mol. The van der Waals surface area contributed by atoms with Crippen LogP contribution in [-0.4, -0.2) is 4.98 Å². The molecule has 0 saturated carbocycles. The smallest absolute Gasteiger partial charge is 0.283 e. The summed E-state index contributed by atoms with van der Waals surface area (Å²) in [5.74, 6) is 0.273. The Balaban J connectivity index is 2.90. The minimum Gasteiger partial charge on any atom is -0.448 e. The number of nitrogens with zero attached hydrogens (tertiary/aromatic N) is 1. The molecular formula is C6H7F2NO. The van der Waals surface area contributed by atoms with E-state index in [1.807, 2.05) is 0 Å². The zero-order valence-electron chi connectivity index (χ0n) is 5.47. The van der Waals surface area contributed by atoms with E-state index in [4.69, 9.17) is 0 Å². The molecule has 0 radical (unpaired) electrons. The number of aromatic nitrogens is 1. The number of alkyl halides is 2. The molecule has 1 rings (SSSR count). The SMILES string of the molecule is CCc1ocnc1C(F)F. The highest BCUT2D eigenvalue weighted by Crippen LogP contribution is 2.20. The summed E-state index contributed by atoms with van der Waals surface area (Å²) in [7, 11) is 0. The van der Waals surface area contributed by atoms with Crippen molar-refractivity contribution >= 4 is 0 Å². The first-order chi connectivity index (χ1) is 4.75. The van der Waals surface area contributed by atoms with Crippen molar-refractivity contribution in [2.75, 3.05) is 0 Å². The van der Waals surface area contributed by atoms with Crippen molar-refractivity contribution in [1.82, 2.24) is 4.98 Å². The predicted octanol–water partition coefficient (Wildman–Crippen LogP) is 2.17. The summed E-state index contributed by atoms with van der Waals surface area (Å²) >= 11 is 0. The molecule has 1 aromatic heterocycles. The van der Waals surface area contributed by atoms with Gasteiger partial charge in [-0.05, 0) is 0 Å². The van der Waals surface area contributed by atoms with Gasteiger partial charge in [0.25, 0.3) is 6.43 Å². The zero-order chi connectivity index (χ0) is 7.56. The van der Waals surface area contributed by atoms with Crippen molar-refractivity contribution in [2.45, 2.75) is 19.8 Å². The third-order valence-corrected chi connectivity index (χ3v) is 1.20. The van der Waals surface area contributed by atoms with Gasteiger partial charge in [-0.25, -0.2) is 13.8 Å². The van der Waals surface area contributed by atoms with E-state index in [2.05, 4.69) is 9.40 Å². The maximum atomic E-state index is 11.9. The van der Waals surface area contributed by atoms with E-state index in [1.54, 1.807) is 6.92 Å². The van der Waals surface area contributed by atoms with Crippen LogP contribution in [0.15, 0.2) is 10.8 Å². The van der Waals surface area contributed by atoms with Gasteiger partial charge in [0.1, 0.15) is 11.5 Å². The molecule has 0 aromatic carbocycles. The number of hydrogen-bond donors (Lipinski definition) is 0. The van der Waals surface area contributed by atoms with Crippen molar-refractivity contribution in [3.63, 3.8) is 0 Å². The van der Waals surface area contributed by atoms with Crippen molar-refractivity contribution in [1.29, 1.82) is 0 Å². The van der Waals surface area contributed by atoms with E-state index >= 15 is 0 Å². The number of halogens is 2. The van der Waals surface area contributed by atoms with E-state index in [0.717, 1.165) is 6.39 Å². The second-order valence-electron chi connectivity index (χ2n) is 1.82. The van der Waals surface area contributed by atoms with Gasteiger partial charge in [0.15, 0.2) is 6.39 Å². The first-order valence-corrected chi connectivity index (χ1v) is 2.96. The van der Waals surface area contributed by atoms with Crippen molar-refractivity contribution < 1.29 is 13.2 Å². The summed E-state index contributed by atoms with van der Waals surface area (Å²) in [6, 6.07) is 0. The minimum absolute atomic E-state index is 0.234. The van der Waals surface area contributed by atoms with Crippen LogP contribution in [0.3, 0.4) is 0 Å². The molecule has 0 atom stereocenters. The fourth-order valence-corrected chi connectivity index (χ4v) is 0.722. The fourth-order valence-electron chi connectivity index (χ4n) is 0.722. The molecule has 0 N–H and O–H groups in total. The molecule has 0 saturated heterocycles. The molecule has 1 heterocycles. The zero-order valence-corrected chi connectivity index (χ0v) is 5.47. The second kappa shape index (κ2) is 2.77. The maximum absolute atomic E-state index is 11.9. The summed E-state index contributed by atoms with van der Waals surface area (Å²) in [5.41, 5.74) is -0.234. The Morgan fingerprint density at radius 1 is 1.70 bits per heavy atom. The Morgan fingerprint density at radius 3 is 2.80 bits per heavy atom. The summed E-state index contributed by atoms with van der Waals surface area (Å²) in [6.45, 7) is 1.74. The van der Waals surface area contributed by atoms with Crippen LogP contribution in [0.25, 0.3) is 0 Å². The topological polar surface area (TPSA) is 26.0 Å². The standard InChI is InChI=1S/C6H7F2NO/c1-2-4-5(6(7)8)9-3-10-4/h3,6H,2H2,1H3. The van der Waals surface area contributed by atoms with E-state index < -0.39 is 6.43 Å². The Labute approximate surface area is 56.9 Å². The molecule has 0 unspecified atom stereocenters. The highest BCUT2D eigenvalue weighted by atomic mass is 19.3. The number of aryl methyl sites for hydroxylation is 1. The van der Waals surface area contributed by atoms with E-state index in [1.165, 1.54) is 0 Å². The van der Waals surface area contributed by atoms with E-state index in [-0.39, 0.29) is 11.5 Å². The largest absolute Gasteiger partial charge is 0.448 e. The summed E-state index contributed by atoms with van der Waals surface area (Å²) < 4.78 is 28.5. The van der Waals surface area contributed by atoms with Crippen LogP contribution in [0.4, 0.5) is 8.78 Å². The number of rotatable bonds is 2. The average Bonchev–Trinajstić information content (AvgIpc) is 2.33. The lowest BCUT2D eigenvalue weighted by Gasteiger charge is -1.93. The second-order valence-corrected chi connectivity index (χ2v) is 1.82.